The largest absolute Gasteiger partial charge is 0.392 e. The lowest BCUT2D eigenvalue weighted by Crippen LogP contribution is -2.84. The van der Waals surface area contributed by atoms with Crippen molar-refractivity contribution >= 4 is 0 Å². The molecule has 0 radical (unpaired) electrons. The first kappa shape index (κ1) is 16.7. The van der Waals surface area contributed by atoms with Crippen molar-refractivity contribution in [3.63, 3.8) is 0 Å². The molecule has 4 aliphatic carbocycles. The summed E-state index contributed by atoms with van der Waals surface area (Å²) in [6.45, 7) is 8.60. The van der Waals surface area contributed by atoms with Crippen molar-refractivity contribution in [3.8, 4) is 0 Å². The van der Waals surface area contributed by atoms with E-state index in [4.69, 9.17) is 4.74 Å². The molecule has 0 aromatic heterocycles. The highest BCUT2D eigenvalue weighted by Gasteiger charge is 2.83. The van der Waals surface area contributed by atoms with Gasteiger partial charge in [-0.3, -0.25) is 0 Å². The number of fused-ring (bicyclic) bond motifs is 2. The van der Waals surface area contributed by atoms with Gasteiger partial charge >= 0.3 is 0 Å². The van der Waals surface area contributed by atoms with Gasteiger partial charge in [0.2, 0.25) is 5.79 Å². The van der Waals surface area contributed by atoms with E-state index in [1.807, 2.05) is 0 Å². The minimum atomic E-state index is -1.77. The molecule has 2 spiro atoms. The fourth-order valence-electron chi connectivity index (χ4n) is 8.07. The number of rotatable bonds is 0. The van der Waals surface area contributed by atoms with E-state index in [2.05, 4.69) is 20.4 Å². The summed E-state index contributed by atoms with van der Waals surface area (Å²) in [5.41, 5.74) is -0.996. The summed E-state index contributed by atoms with van der Waals surface area (Å²) in [6, 6.07) is 0. The highest BCUT2D eigenvalue weighted by atomic mass is 16.6. The van der Waals surface area contributed by atoms with E-state index in [9.17, 15) is 20.4 Å². The van der Waals surface area contributed by atoms with Gasteiger partial charge < -0.3 is 25.2 Å². The van der Waals surface area contributed by atoms with Crippen molar-refractivity contribution in [1.82, 2.24) is 0 Å². The van der Waals surface area contributed by atoms with Crippen molar-refractivity contribution in [1.29, 1.82) is 0 Å². The second-order valence-corrected chi connectivity index (χ2v) is 10.1. The van der Waals surface area contributed by atoms with Crippen LogP contribution in [0.2, 0.25) is 0 Å². The van der Waals surface area contributed by atoms with Crippen LogP contribution in [0.3, 0.4) is 0 Å². The first-order valence-electron chi connectivity index (χ1n) is 9.72. The molecule has 4 saturated carbocycles. The van der Waals surface area contributed by atoms with Crippen LogP contribution in [0.15, 0.2) is 12.2 Å². The Bertz CT molecular complexity index is 646. The summed E-state index contributed by atoms with van der Waals surface area (Å²) in [5, 5.41) is 45.3. The minimum absolute atomic E-state index is 0.0628. The molecule has 2 heterocycles. The predicted octanol–water partition coefficient (Wildman–Crippen LogP) is 1.20. The Balaban J connectivity index is 1.77. The Morgan fingerprint density at radius 2 is 1.84 bits per heavy atom. The molecule has 140 valence electrons. The maximum Gasteiger partial charge on any atom is 0.201 e. The normalized spacial score (nSPS) is 61.8. The Hall–Kier alpha value is -0.460. The predicted molar refractivity (Wildman–Crippen MR) is 90.3 cm³/mol. The summed E-state index contributed by atoms with van der Waals surface area (Å²) < 4.78 is 5.95. The lowest BCUT2D eigenvalue weighted by atomic mass is 9.36. The van der Waals surface area contributed by atoms with Crippen LogP contribution >= 0.6 is 0 Å². The SMILES string of the molecule is C=C1[C@H]2CC[C@H]3[C@@]45CO[C@](O)([C@@H](O)[C@@H]4C(C)(C)CC[C@H]5O)[C@]3(C2)[C@@H]1O. The highest BCUT2D eigenvalue weighted by Crippen LogP contribution is 2.77. The number of aliphatic hydroxyl groups excluding tert-OH is 3. The maximum absolute atomic E-state index is 11.6. The summed E-state index contributed by atoms with van der Waals surface area (Å²) in [4.78, 5) is 0. The first-order chi connectivity index (χ1) is 11.6. The van der Waals surface area contributed by atoms with E-state index in [1.54, 1.807) is 0 Å². The molecule has 6 fully saturated rings. The zero-order valence-electron chi connectivity index (χ0n) is 15.1. The average molecular weight is 350 g/mol. The van der Waals surface area contributed by atoms with Crippen molar-refractivity contribution in [2.75, 3.05) is 6.61 Å². The van der Waals surface area contributed by atoms with Crippen molar-refractivity contribution < 1.29 is 25.2 Å². The first-order valence-corrected chi connectivity index (χ1v) is 9.72. The summed E-state index contributed by atoms with van der Waals surface area (Å²) in [6.07, 6.45) is 1.26. The molecule has 0 amide bonds. The number of hydrogen-bond acceptors (Lipinski definition) is 5. The lowest BCUT2D eigenvalue weighted by molar-refractivity contribution is -0.466. The van der Waals surface area contributed by atoms with Gasteiger partial charge in [0.1, 0.15) is 6.10 Å². The van der Waals surface area contributed by atoms with E-state index in [-0.39, 0.29) is 29.8 Å². The van der Waals surface area contributed by atoms with Crippen LogP contribution < -0.4 is 0 Å². The molecule has 4 bridgehead atoms. The second kappa shape index (κ2) is 4.50. The standard InChI is InChI=1S/C20H30O5/c1-10-11-4-5-12-18-9-25-20(24,19(12,8-11)15(10)22)16(23)14(18)17(2,3)7-6-13(18)21/h11-16,21-24H,1,4-9H2,2-3H3/t11-,12-,13+,14+,15+,16-,18+,19-,20+/m0/s1. The van der Waals surface area contributed by atoms with Gasteiger partial charge in [0, 0.05) is 11.3 Å². The van der Waals surface area contributed by atoms with Gasteiger partial charge in [-0.1, -0.05) is 20.4 Å². The molecule has 5 nitrogen and oxygen atoms in total. The van der Waals surface area contributed by atoms with Crippen molar-refractivity contribution in [2.24, 2.45) is 34.0 Å². The van der Waals surface area contributed by atoms with E-state index < -0.39 is 34.9 Å². The highest BCUT2D eigenvalue weighted by molar-refractivity contribution is 5.35. The zero-order valence-corrected chi connectivity index (χ0v) is 15.1. The van der Waals surface area contributed by atoms with Gasteiger partial charge in [0.05, 0.1) is 24.2 Å². The van der Waals surface area contributed by atoms with Crippen LogP contribution in [-0.4, -0.2) is 51.1 Å². The van der Waals surface area contributed by atoms with Gasteiger partial charge in [-0.2, -0.15) is 0 Å². The fourth-order valence-corrected chi connectivity index (χ4v) is 8.07. The Labute approximate surface area is 148 Å². The molecule has 6 rings (SSSR count). The molecule has 2 saturated heterocycles. The van der Waals surface area contributed by atoms with Gasteiger partial charge in [-0.15, -0.1) is 0 Å². The molecule has 2 aliphatic heterocycles. The van der Waals surface area contributed by atoms with E-state index in [0.717, 1.165) is 24.8 Å². The van der Waals surface area contributed by atoms with Gasteiger partial charge in [-0.05, 0) is 54.9 Å². The van der Waals surface area contributed by atoms with Gasteiger partial charge in [0.25, 0.3) is 0 Å². The summed E-state index contributed by atoms with van der Waals surface area (Å²) in [7, 11) is 0. The number of aliphatic hydroxyl groups is 4. The van der Waals surface area contributed by atoms with Crippen molar-refractivity contribution in [2.45, 2.75) is 70.1 Å². The minimum Gasteiger partial charge on any atom is -0.392 e. The number of ether oxygens (including phenoxy) is 1. The van der Waals surface area contributed by atoms with E-state index >= 15 is 0 Å². The molecule has 4 N–H and O–H groups in total. The molecule has 5 heteroatoms. The summed E-state index contributed by atoms with van der Waals surface area (Å²) in [5.74, 6) is -1.91. The van der Waals surface area contributed by atoms with Crippen molar-refractivity contribution in [3.05, 3.63) is 12.2 Å². The second-order valence-electron chi connectivity index (χ2n) is 10.1. The molecule has 0 unspecified atom stereocenters. The fraction of sp³-hybridized carbons (Fsp3) is 0.900. The maximum atomic E-state index is 11.6. The van der Waals surface area contributed by atoms with Gasteiger partial charge in [0.15, 0.2) is 0 Å². The Kier molecular flexibility index (Phi) is 3.01. The molecule has 0 aromatic rings. The molecular weight excluding hydrogens is 320 g/mol. The van der Waals surface area contributed by atoms with E-state index in [1.165, 1.54) is 0 Å². The van der Waals surface area contributed by atoms with Crippen LogP contribution in [0.25, 0.3) is 0 Å². The van der Waals surface area contributed by atoms with Crippen LogP contribution in [0.4, 0.5) is 0 Å². The monoisotopic (exact) mass is 350 g/mol. The Morgan fingerprint density at radius 3 is 2.56 bits per heavy atom. The van der Waals surface area contributed by atoms with Crippen LogP contribution in [-0.2, 0) is 4.74 Å². The average Bonchev–Trinajstić information content (AvgIpc) is 2.75. The zero-order chi connectivity index (χ0) is 18.0. The molecule has 25 heavy (non-hydrogen) atoms. The smallest absolute Gasteiger partial charge is 0.201 e. The van der Waals surface area contributed by atoms with Crippen LogP contribution in [0.1, 0.15) is 46.0 Å². The lowest BCUT2D eigenvalue weighted by Gasteiger charge is -2.75. The quantitative estimate of drug-likeness (QED) is 0.493. The van der Waals surface area contributed by atoms with Crippen LogP contribution in [0, 0.1) is 34.0 Å². The molecule has 0 aromatic carbocycles. The number of hydrogen-bond donors (Lipinski definition) is 4. The third-order valence-corrected chi connectivity index (χ3v) is 9.05. The third-order valence-electron chi connectivity index (χ3n) is 9.05. The topological polar surface area (TPSA) is 90.2 Å². The molecule has 6 aliphatic rings. The third kappa shape index (κ3) is 1.49. The Morgan fingerprint density at radius 1 is 1.12 bits per heavy atom. The van der Waals surface area contributed by atoms with E-state index in [0.29, 0.717) is 12.8 Å². The molecular formula is C20H30O5. The molecule has 9 atom stereocenters. The summed E-state index contributed by atoms with van der Waals surface area (Å²) >= 11 is 0. The van der Waals surface area contributed by atoms with Gasteiger partial charge in [-0.25, -0.2) is 0 Å². The van der Waals surface area contributed by atoms with Crippen LogP contribution in [0.5, 0.6) is 0 Å².